The Balaban J connectivity index is 0.000000360. The molecule has 3 N–H and O–H groups in total. The third-order valence-electron chi connectivity index (χ3n) is 2.04. The van der Waals surface area contributed by atoms with Gasteiger partial charge in [0, 0.05) is 11.8 Å². The maximum Gasteiger partial charge on any atom is 0.0905 e. The third kappa shape index (κ3) is 1.29. The molecule has 0 amide bonds. The topological polar surface area (TPSA) is 27.6 Å². The van der Waals surface area contributed by atoms with Crippen LogP contribution in [0.25, 0.3) is 0 Å². The summed E-state index contributed by atoms with van der Waals surface area (Å²) in [6, 6.07) is 0.769. The molecule has 0 aliphatic heterocycles. The lowest BCUT2D eigenvalue weighted by molar-refractivity contribution is -0.392. The molecule has 0 aromatic heterocycles. The molecule has 1 nitrogen and oxygen atoms in total. The van der Waals surface area contributed by atoms with E-state index in [1.807, 2.05) is 0 Å². The van der Waals surface area contributed by atoms with E-state index in [0.717, 1.165) is 17.9 Å². The summed E-state index contributed by atoms with van der Waals surface area (Å²) in [6.45, 7) is 4.50. The summed E-state index contributed by atoms with van der Waals surface area (Å²) in [6.07, 6.45) is 0. The minimum absolute atomic E-state index is 0. The zero-order valence-electron chi connectivity index (χ0n) is 4.82. The molecule has 0 heterocycles. The summed E-state index contributed by atoms with van der Waals surface area (Å²) in [5, 5.41) is 0. The van der Waals surface area contributed by atoms with Crippen LogP contribution in [0.4, 0.5) is 0 Å². The van der Waals surface area contributed by atoms with E-state index in [4.69, 9.17) is 0 Å². The summed E-state index contributed by atoms with van der Waals surface area (Å²) in [7, 11) is 0. The van der Waals surface area contributed by atoms with Gasteiger partial charge in [0.25, 0.3) is 0 Å². The number of rotatable bonds is 0. The lowest BCUT2D eigenvalue weighted by Gasteiger charge is -1.65. The van der Waals surface area contributed by atoms with E-state index in [1.54, 1.807) is 0 Å². The van der Waals surface area contributed by atoms with Crippen molar-refractivity contribution in [1.82, 2.24) is 0 Å². The summed E-state index contributed by atoms with van der Waals surface area (Å²) in [4.78, 5) is 0. The van der Waals surface area contributed by atoms with Crippen LogP contribution in [0.2, 0.25) is 0 Å². The Labute approximate surface area is 61.7 Å². The van der Waals surface area contributed by atoms with Crippen LogP contribution >= 0.6 is 0 Å². The van der Waals surface area contributed by atoms with Gasteiger partial charge in [-0.25, -0.2) is 0 Å². The van der Waals surface area contributed by atoms with Crippen molar-refractivity contribution in [3.05, 3.63) is 0 Å². The first-order valence-electron chi connectivity index (χ1n) is 2.56. The molecule has 1 rings (SSSR count). The molecule has 0 aromatic rings. The van der Waals surface area contributed by atoms with Gasteiger partial charge in [-0.05, 0) is 0 Å². The van der Waals surface area contributed by atoms with Crippen LogP contribution in [0, 0.1) is 11.8 Å². The number of hydrogen-bond donors (Lipinski definition) is 1. The molecule has 7 heavy (non-hydrogen) atoms. The van der Waals surface area contributed by atoms with Gasteiger partial charge in [0.05, 0.1) is 6.04 Å². The van der Waals surface area contributed by atoms with Crippen molar-refractivity contribution >= 4 is 0 Å². The SMILES string of the molecule is CC1C(C)C1[NH3+].[I-]. The van der Waals surface area contributed by atoms with Crippen molar-refractivity contribution in [3.63, 3.8) is 0 Å². The average molecular weight is 213 g/mol. The molecule has 44 valence electrons. The Morgan fingerprint density at radius 3 is 1.29 bits per heavy atom. The summed E-state index contributed by atoms with van der Waals surface area (Å²) >= 11 is 0. The molecule has 2 atom stereocenters. The zero-order valence-corrected chi connectivity index (χ0v) is 6.97. The van der Waals surface area contributed by atoms with Gasteiger partial charge in [-0.15, -0.1) is 0 Å². The van der Waals surface area contributed by atoms with Crippen LogP contribution < -0.4 is 29.7 Å². The Morgan fingerprint density at radius 1 is 1.14 bits per heavy atom. The maximum absolute atomic E-state index is 3.91. The van der Waals surface area contributed by atoms with Crippen LogP contribution in [0.15, 0.2) is 0 Å². The van der Waals surface area contributed by atoms with Crippen molar-refractivity contribution in [3.8, 4) is 0 Å². The predicted octanol–water partition coefficient (Wildman–Crippen LogP) is -3.11. The van der Waals surface area contributed by atoms with Gasteiger partial charge < -0.3 is 29.7 Å². The molecule has 0 saturated heterocycles. The molecule has 1 fully saturated rings. The van der Waals surface area contributed by atoms with E-state index in [0.29, 0.717) is 0 Å². The van der Waals surface area contributed by atoms with Gasteiger partial charge in [0.1, 0.15) is 0 Å². The van der Waals surface area contributed by atoms with Gasteiger partial charge in [-0.3, -0.25) is 0 Å². The molecule has 2 unspecified atom stereocenters. The van der Waals surface area contributed by atoms with E-state index in [-0.39, 0.29) is 24.0 Å². The highest BCUT2D eigenvalue weighted by molar-refractivity contribution is 4.88. The van der Waals surface area contributed by atoms with Crippen LogP contribution in [-0.4, -0.2) is 6.04 Å². The minimum atomic E-state index is 0. The van der Waals surface area contributed by atoms with E-state index in [9.17, 15) is 0 Å². The fourth-order valence-corrected chi connectivity index (χ4v) is 0.765. The summed E-state index contributed by atoms with van der Waals surface area (Å²) in [5.41, 5.74) is 3.91. The quantitative estimate of drug-likeness (QED) is 0.412. The largest absolute Gasteiger partial charge is 1.00 e. The Hall–Kier alpha value is 0.690. The highest BCUT2D eigenvalue weighted by atomic mass is 127. The standard InChI is InChI=1S/C5H11N.HI/c1-3-4(2)5(3)6;/h3-5H,6H2,1-2H3;1H. The Morgan fingerprint density at radius 2 is 1.29 bits per heavy atom. The fourth-order valence-electron chi connectivity index (χ4n) is 0.765. The molecule has 2 heteroatoms. The fraction of sp³-hybridized carbons (Fsp3) is 1.00. The first kappa shape index (κ1) is 7.69. The monoisotopic (exact) mass is 213 g/mol. The van der Waals surface area contributed by atoms with Crippen LogP contribution in [-0.2, 0) is 0 Å². The van der Waals surface area contributed by atoms with Gasteiger partial charge >= 0.3 is 0 Å². The number of hydrogen-bond acceptors (Lipinski definition) is 0. The number of quaternary nitrogens is 1. The molecule has 1 aliphatic carbocycles. The number of halogens is 1. The van der Waals surface area contributed by atoms with Gasteiger partial charge in [0.2, 0.25) is 0 Å². The van der Waals surface area contributed by atoms with E-state index >= 15 is 0 Å². The van der Waals surface area contributed by atoms with Crippen molar-refractivity contribution in [2.45, 2.75) is 19.9 Å². The van der Waals surface area contributed by atoms with Gasteiger partial charge in [-0.2, -0.15) is 0 Å². The Bertz CT molecular complexity index is 44.8. The lowest BCUT2D eigenvalue weighted by atomic mass is 10.4. The molecular weight excluding hydrogens is 201 g/mol. The normalized spacial score (nSPS) is 47.6. The zero-order chi connectivity index (χ0) is 4.73. The van der Waals surface area contributed by atoms with E-state index < -0.39 is 0 Å². The lowest BCUT2D eigenvalue weighted by Crippen LogP contribution is -3.00. The average Bonchev–Trinajstić information content (AvgIpc) is 1.94. The van der Waals surface area contributed by atoms with Crippen LogP contribution in [0.1, 0.15) is 13.8 Å². The molecule has 0 spiro atoms. The smallest absolute Gasteiger partial charge is 0.0905 e. The van der Waals surface area contributed by atoms with Crippen LogP contribution in [0.3, 0.4) is 0 Å². The molecule has 0 aromatic carbocycles. The molecule has 0 bridgehead atoms. The van der Waals surface area contributed by atoms with E-state index in [2.05, 4.69) is 19.6 Å². The Kier molecular flexibility index (Phi) is 2.53. The van der Waals surface area contributed by atoms with Gasteiger partial charge in [-0.1, -0.05) is 13.8 Å². The summed E-state index contributed by atoms with van der Waals surface area (Å²) < 4.78 is 0. The maximum atomic E-state index is 3.91. The van der Waals surface area contributed by atoms with Crippen molar-refractivity contribution in [2.24, 2.45) is 11.8 Å². The first-order valence-corrected chi connectivity index (χ1v) is 2.56. The van der Waals surface area contributed by atoms with Crippen molar-refractivity contribution in [1.29, 1.82) is 0 Å². The van der Waals surface area contributed by atoms with Crippen molar-refractivity contribution < 1.29 is 29.7 Å². The second-order valence-corrected chi connectivity index (χ2v) is 2.38. The van der Waals surface area contributed by atoms with E-state index in [1.165, 1.54) is 0 Å². The summed E-state index contributed by atoms with van der Waals surface area (Å²) in [5.74, 6) is 1.81. The molecule has 0 radical (unpaired) electrons. The second kappa shape index (κ2) is 2.31. The molecule has 1 aliphatic rings. The highest BCUT2D eigenvalue weighted by Gasteiger charge is 2.43. The first-order chi connectivity index (χ1) is 2.73. The predicted molar refractivity (Wildman–Crippen MR) is 25.0 cm³/mol. The van der Waals surface area contributed by atoms with Crippen molar-refractivity contribution in [2.75, 3.05) is 0 Å². The molecular formula is C5H12IN. The third-order valence-corrected chi connectivity index (χ3v) is 2.04. The second-order valence-electron chi connectivity index (χ2n) is 2.38. The molecule has 1 saturated carbocycles. The highest BCUT2D eigenvalue weighted by Crippen LogP contribution is 2.33. The van der Waals surface area contributed by atoms with Crippen LogP contribution in [0.5, 0.6) is 0 Å². The minimum Gasteiger partial charge on any atom is -1.00 e. The van der Waals surface area contributed by atoms with Gasteiger partial charge in [0.15, 0.2) is 0 Å².